The van der Waals surface area contributed by atoms with Gasteiger partial charge in [0, 0.05) is 19.4 Å². The van der Waals surface area contributed by atoms with Crippen LogP contribution in [0.25, 0.3) is 0 Å². The molecular weight excluding hydrogens is 837 g/mol. The third-order valence-electron chi connectivity index (χ3n) is 11.5. The number of ether oxygens (including phenoxy) is 3. The van der Waals surface area contributed by atoms with Crippen molar-refractivity contribution in [3.05, 3.63) is 122 Å². The first kappa shape index (κ1) is 64.3. The predicted octanol–water partition coefficient (Wildman–Crippen LogP) is 19.3. The molecule has 0 saturated heterocycles. The fourth-order valence-corrected chi connectivity index (χ4v) is 7.37. The van der Waals surface area contributed by atoms with Crippen molar-refractivity contribution in [3.63, 3.8) is 0 Å². The van der Waals surface area contributed by atoms with E-state index >= 15 is 0 Å². The summed E-state index contributed by atoms with van der Waals surface area (Å²) < 4.78 is 17.4. The number of carbonyl (C=O) groups is 2. The number of hydrogen-bond donors (Lipinski definition) is 0. The van der Waals surface area contributed by atoms with E-state index in [9.17, 15) is 9.59 Å². The average Bonchev–Trinajstić information content (AvgIpc) is 3.34. The third kappa shape index (κ3) is 54.9. The van der Waals surface area contributed by atoms with E-state index in [4.69, 9.17) is 14.2 Å². The minimum Gasteiger partial charge on any atom is -0.462 e. The van der Waals surface area contributed by atoms with Crippen molar-refractivity contribution in [3.8, 4) is 0 Å². The van der Waals surface area contributed by atoms with Gasteiger partial charge in [0.05, 0.1) is 6.61 Å². The Morgan fingerprint density at radius 2 is 0.691 bits per heavy atom. The zero-order valence-corrected chi connectivity index (χ0v) is 44.3. The Morgan fingerprint density at radius 1 is 0.338 bits per heavy atom. The van der Waals surface area contributed by atoms with Gasteiger partial charge in [0.25, 0.3) is 0 Å². The lowest BCUT2D eigenvalue weighted by Gasteiger charge is -2.18. The van der Waals surface area contributed by atoms with Gasteiger partial charge in [0.2, 0.25) is 0 Å². The second kappa shape index (κ2) is 57.6. The summed E-state index contributed by atoms with van der Waals surface area (Å²) in [5.74, 6) is -0.506. The maximum Gasteiger partial charge on any atom is 0.306 e. The van der Waals surface area contributed by atoms with Crippen molar-refractivity contribution >= 4 is 11.9 Å². The molecule has 0 aromatic carbocycles. The Balaban J connectivity index is 4.35. The smallest absolute Gasteiger partial charge is 0.306 e. The summed E-state index contributed by atoms with van der Waals surface area (Å²) in [6, 6.07) is 0. The van der Waals surface area contributed by atoms with Gasteiger partial charge in [-0.05, 0) is 116 Å². The van der Waals surface area contributed by atoms with Crippen molar-refractivity contribution in [2.45, 2.75) is 245 Å². The first-order valence-corrected chi connectivity index (χ1v) is 28.1. The molecule has 5 heteroatoms. The molecule has 1 atom stereocenters. The molecule has 0 saturated carbocycles. The van der Waals surface area contributed by atoms with Gasteiger partial charge in [0.15, 0.2) is 6.10 Å². The monoisotopic (exact) mass is 941 g/mol. The fourth-order valence-electron chi connectivity index (χ4n) is 7.37. The molecule has 386 valence electrons. The molecule has 0 aliphatic rings. The van der Waals surface area contributed by atoms with Crippen molar-refractivity contribution in [2.75, 3.05) is 19.8 Å². The van der Waals surface area contributed by atoms with E-state index in [2.05, 4.69) is 136 Å². The van der Waals surface area contributed by atoms with Gasteiger partial charge in [-0.25, -0.2) is 0 Å². The van der Waals surface area contributed by atoms with Gasteiger partial charge < -0.3 is 14.2 Å². The van der Waals surface area contributed by atoms with Gasteiger partial charge in [-0.1, -0.05) is 232 Å². The molecule has 0 aromatic rings. The molecule has 0 aliphatic heterocycles. The SMILES string of the molecule is CC/C=C\C/C=C\C/C=C\C/C=C\CCCCCCCCCOCC(COC(=O)CCCCCCCCCCC/C=C\C/C=C\CCCCC)OC(=O)CC/C=C\C/C=C\C/C=C\C/C=C\CC. The quantitative estimate of drug-likeness (QED) is 0.0345. The highest BCUT2D eigenvalue weighted by molar-refractivity contribution is 5.70. The van der Waals surface area contributed by atoms with Crippen LogP contribution in [-0.4, -0.2) is 37.9 Å². The number of carbonyl (C=O) groups excluding carboxylic acids is 2. The van der Waals surface area contributed by atoms with E-state index in [0.29, 0.717) is 19.4 Å². The van der Waals surface area contributed by atoms with E-state index < -0.39 is 6.10 Å². The normalized spacial score (nSPS) is 13.2. The minimum atomic E-state index is -0.590. The molecule has 0 radical (unpaired) electrons. The largest absolute Gasteiger partial charge is 0.462 e. The average molecular weight is 942 g/mol. The molecule has 0 N–H and O–H groups in total. The first-order chi connectivity index (χ1) is 33.6. The summed E-state index contributed by atoms with van der Waals surface area (Å²) in [6.07, 6.45) is 80.9. The Hall–Kier alpha value is -3.70. The summed E-state index contributed by atoms with van der Waals surface area (Å²) in [5, 5.41) is 0. The molecule has 5 nitrogen and oxygen atoms in total. The Kier molecular flexibility index (Phi) is 54.5. The van der Waals surface area contributed by atoms with Crippen molar-refractivity contribution in [1.29, 1.82) is 0 Å². The van der Waals surface area contributed by atoms with Crippen LogP contribution < -0.4 is 0 Å². The molecule has 0 amide bonds. The zero-order valence-electron chi connectivity index (χ0n) is 44.3. The summed E-state index contributed by atoms with van der Waals surface area (Å²) in [6.45, 7) is 7.47. The van der Waals surface area contributed by atoms with E-state index in [1.165, 1.54) is 103 Å². The van der Waals surface area contributed by atoms with Crippen molar-refractivity contribution < 1.29 is 23.8 Å². The van der Waals surface area contributed by atoms with Gasteiger partial charge in [0.1, 0.15) is 6.61 Å². The molecule has 0 spiro atoms. The van der Waals surface area contributed by atoms with Crippen molar-refractivity contribution in [1.82, 2.24) is 0 Å². The topological polar surface area (TPSA) is 61.8 Å². The lowest BCUT2D eigenvalue weighted by Crippen LogP contribution is -2.30. The van der Waals surface area contributed by atoms with Crippen LogP contribution in [0.15, 0.2) is 122 Å². The molecule has 0 aromatic heterocycles. The van der Waals surface area contributed by atoms with Crippen LogP contribution in [0.2, 0.25) is 0 Å². The summed E-state index contributed by atoms with van der Waals surface area (Å²) in [5.41, 5.74) is 0. The van der Waals surface area contributed by atoms with Crippen molar-refractivity contribution in [2.24, 2.45) is 0 Å². The second-order valence-electron chi connectivity index (χ2n) is 18.1. The van der Waals surface area contributed by atoms with Crippen LogP contribution in [0, 0.1) is 0 Å². The maximum atomic E-state index is 12.8. The molecule has 0 bridgehead atoms. The first-order valence-electron chi connectivity index (χ1n) is 28.1. The Morgan fingerprint density at radius 3 is 1.12 bits per heavy atom. The van der Waals surface area contributed by atoms with Crippen LogP contribution in [0.5, 0.6) is 0 Å². The molecular formula is C63H104O5. The number of allylic oxidation sites excluding steroid dienone is 20. The van der Waals surface area contributed by atoms with Crippen LogP contribution >= 0.6 is 0 Å². The van der Waals surface area contributed by atoms with E-state index in [1.54, 1.807) is 0 Å². The van der Waals surface area contributed by atoms with Gasteiger partial charge >= 0.3 is 11.9 Å². The van der Waals surface area contributed by atoms with Crippen LogP contribution in [0.4, 0.5) is 0 Å². The predicted molar refractivity (Wildman–Crippen MR) is 297 cm³/mol. The van der Waals surface area contributed by atoms with Crippen LogP contribution in [-0.2, 0) is 23.8 Å². The van der Waals surface area contributed by atoms with Gasteiger partial charge in [-0.15, -0.1) is 0 Å². The molecule has 1 unspecified atom stereocenters. The summed E-state index contributed by atoms with van der Waals surface area (Å²) in [4.78, 5) is 25.4. The Bertz CT molecular complexity index is 1390. The highest BCUT2D eigenvalue weighted by atomic mass is 16.6. The number of unbranched alkanes of at least 4 members (excludes halogenated alkanes) is 19. The molecule has 68 heavy (non-hydrogen) atoms. The maximum absolute atomic E-state index is 12.8. The van der Waals surface area contributed by atoms with E-state index in [0.717, 1.165) is 96.3 Å². The highest BCUT2D eigenvalue weighted by Gasteiger charge is 2.17. The van der Waals surface area contributed by atoms with E-state index in [-0.39, 0.29) is 31.6 Å². The van der Waals surface area contributed by atoms with Gasteiger partial charge in [-0.3, -0.25) is 9.59 Å². The summed E-state index contributed by atoms with van der Waals surface area (Å²) >= 11 is 0. The number of rotatable bonds is 50. The molecule has 0 rings (SSSR count). The fraction of sp³-hybridized carbons (Fsp3) is 0.651. The molecule has 0 heterocycles. The standard InChI is InChI=1S/C63H104O5/c1-4-7-10-13-16-19-22-25-27-29-31-33-35-37-40-43-46-49-52-55-58-66-59-61(68-63(65)57-54-51-48-45-42-38-24-21-18-15-12-9-6-3)60-67-62(64)56-53-50-47-44-41-39-36-34-32-30-28-26-23-20-17-14-11-8-5-2/h7,9-10,12,16-21,25-28,31,33,38,42,48,51,61H,4-6,8,11,13-15,22-24,29-30,32,34-37,39-41,43-47,49-50,52-60H2,1-3H3/b10-7-,12-9-,19-16-,20-17-,21-18-,27-25-,28-26-,33-31-,42-38-,51-48-. The highest BCUT2D eigenvalue weighted by Crippen LogP contribution is 2.14. The number of hydrogen-bond acceptors (Lipinski definition) is 5. The van der Waals surface area contributed by atoms with Crippen LogP contribution in [0.3, 0.4) is 0 Å². The summed E-state index contributed by atoms with van der Waals surface area (Å²) in [7, 11) is 0. The van der Waals surface area contributed by atoms with Gasteiger partial charge in [-0.2, -0.15) is 0 Å². The minimum absolute atomic E-state index is 0.0431. The molecule has 0 aliphatic carbocycles. The third-order valence-corrected chi connectivity index (χ3v) is 11.5. The number of esters is 2. The zero-order chi connectivity index (χ0) is 49.2. The lowest BCUT2D eigenvalue weighted by molar-refractivity contribution is -0.162. The second-order valence-corrected chi connectivity index (χ2v) is 18.1. The van der Waals surface area contributed by atoms with E-state index in [1.807, 2.05) is 6.08 Å². The Labute approximate surface area is 420 Å². The molecule has 0 fully saturated rings. The van der Waals surface area contributed by atoms with Crippen LogP contribution in [0.1, 0.15) is 239 Å². The lowest BCUT2D eigenvalue weighted by atomic mass is 10.1.